The number of aliphatic hydroxyl groups is 3. The third-order valence-corrected chi connectivity index (χ3v) is 8.05. The summed E-state index contributed by atoms with van der Waals surface area (Å²) in [7, 11) is 6.53. The van der Waals surface area contributed by atoms with Crippen molar-refractivity contribution in [3.8, 4) is 5.75 Å². The number of anilines is 2. The van der Waals surface area contributed by atoms with E-state index in [4.69, 9.17) is 10.5 Å². The third-order valence-electron chi connectivity index (χ3n) is 8.05. The standard InChI is InChI=1S/C29H38N4O9/c1-28(2,3)11-42-27(40)31-15-10-16(32(4)5)13-8-12-9-14-20(33(6)7)23(36)19(26(30)39)25(38)29(14,41)24(37)17(12)22(35)18(13)21(15)34/h10,12,14,20,34-35,38,41H,8-9,11H2,1-7H3,(H2,30,39)(H,31,40). The lowest BCUT2D eigenvalue weighted by molar-refractivity contribution is -0.153. The number of aromatic hydroxyl groups is 1. The maximum atomic E-state index is 14.0. The number of nitrogens with zero attached hydrogens (tertiary/aromatic N) is 2. The molecule has 228 valence electrons. The summed E-state index contributed by atoms with van der Waals surface area (Å²) in [6.07, 6.45) is -0.754. The number of phenols is 1. The molecule has 42 heavy (non-hydrogen) atoms. The zero-order chi connectivity index (χ0) is 31.6. The first-order chi connectivity index (χ1) is 19.3. The molecule has 0 aliphatic heterocycles. The molecule has 0 aromatic heterocycles. The van der Waals surface area contributed by atoms with E-state index >= 15 is 0 Å². The molecule has 0 saturated heterocycles. The Labute approximate surface area is 243 Å². The number of primary amides is 1. The quantitative estimate of drug-likeness (QED) is 0.216. The molecule has 1 fully saturated rings. The summed E-state index contributed by atoms with van der Waals surface area (Å²) in [6.45, 7) is 5.73. The third kappa shape index (κ3) is 4.75. The lowest BCUT2D eigenvalue weighted by Gasteiger charge is -2.50. The molecule has 3 aliphatic carbocycles. The van der Waals surface area contributed by atoms with Crippen LogP contribution in [0.3, 0.4) is 0 Å². The molecule has 3 aliphatic rings. The van der Waals surface area contributed by atoms with Crippen molar-refractivity contribution >= 4 is 40.7 Å². The zero-order valence-electron chi connectivity index (χ0n) is 24.7. The molecule has 1 saturated carbocycles. The molecular formula is C29H38N4O9. The molecule has 4 rings (SSSR count). The molecule has 4 atom stereocenters. The molecule has 4 unspecified atom stereocenters. The van der Waals surface area contributed by atoms with Crippen LogP contribution in [0.25, 0.3) is 5.76 Å². The van der Waals surface area contributed by atoms with Gasteiger partial charge in [0.15, 0.2) is 17.1 Å². The normalized spacial score (nSPS) is 25.6. The fraction of sp³-hybridized carbons (Fsp3) is 0.517. The van der Waals surface area contributed by atoms with E-state index in [1.165, 1.54) is 25.1 Å². The van der Waals surface area contributed by atoms with E-state index in [1.54, 1.807) is 19.0 Å². The molecule has 13 heteroatoms. The van der Waals surface area contributed by atoms with Crippen LogP contribution in [0.15, 0.2) is 23.0 Å². The number of Topliss-reactive ketones (excluding diaryl/α,β-unsaturated/α-hetero) is 2. The highest BCUT2D eigenvalue weighted by atomic mass is 16.5. The largest absolute Gasteiger partial charge is 0.508 e. The second-order valence-corrected chi connectivity index (χ2v) is 12.8. The van der Waals surface area contributed by atoms with Gasteiger partial charge in [-0.1, -0.05) is 20.8 Å². The number of hydrogen-bond acceptors (Lipinski definition) is 11. The van der Waals surface area contributed by atoms with Crippen molar-refractivity contribution in [3.63, 3.8) is 0 Å². The fourth-order valence-electron chi connectivity index (χ4n) is 6.21. The summed E-state index contributed by atoms with van der Waals surface area (Å²) in [6, 6.07) is 0.349. The van der Waals surface area contributed by atoms with Gasteiger partial charge in [-0.15, -0.1) is 0 Å². The summed E-state index contributed by atoms with van der Waals surface area (Å²) in [5.74, 6) is -7.48. The van der Waals surface area contributed by atoms with E-state index < -0.39 is 69.9 Å². The van der Waals surface area contributed by atoms with Crippen LogP contribution in [0, 0.1) is 17.3 Å². The molecule has 2 amide bonds. The lowest BCUT2D eigenvalue weighted by atomic mass is 9.57. The van der Waals surface area contributed by atoms with Gasteiger partial charge in [-0.25, -0.2) is 4.79 Å². The second kappa shape index (κ2) is 10.3. The van der Waals surface area contributed by atoms with E-state index in [0.717, 1.165) is 0 Å². The maximum Gasteiger partial charge on any atom is 0.411 e. The van der Waals surface area contributed by atoms with Gasteiger partial charge in [-0.2, -0.15) is 0 Å². The van der Waals surface area contributed by atoms with Crippen molar-refractivity contribution in [2.45, 2.75) is 45.3 Å². The first-order valence-corrected chi connectivity index (χ1v) is 13.5. The van der Waals surface area contributed by atoms with Crippen LogP contribution in [0.1, 0.15) is 38.3 Å². The Morgan fingerprint density at radius 2 is 1.76 bits per heavy atom. The van der Waals surface area contributed by atoms with Crippen LogP contribution in [0.5, 0.6) is 5.75 Å². The van der Waals surface area contributed by atoms with Crippen molar-refractivity contribution in [1.29, 1.82) is 0 Å². The number of carbonyl (C=O) groups is 4. The van der Waals surface area contributed by atoms with Gasteiger partial charge in [0, 0.05) is 31.3 Å². The number of benzene rings is 1. The first kappa shape index (κ1) is 30.8. The Balaban J connectivity index is 1.89. The molecule has 0 radical (unpaired) electrons. The van der Waals surface area contributed by atoms with Crippen LogP contribution in [-0.2, 0) is 25.5 Å². The van der Waals surface area contributed by atoms with E-state index in [2.05, 4.69) is 5.32 Å². The van der Waals surface area contributed by atoms with Crippen molar-refractivity contribution in [2.75, 3.05) is 45.0 Å². The van der Waals surface area contributed by atoms with Gasteiger partial charge in [0.25, 0.3) is 5.91 Å². The minimum atomic E-state index is -2.74. The Morgan fingerprint density at radius 3 is 2.29 bits per heavy atom. The summed E-state index contributed by atoms with van der Waals surface area (Å²) in [4.78, 5) is 55.1. The monoisotopic (exact) mass is 586 g/mol. The van der Waals surface area contributed by atoms with Crippen LogP contribution in [0.2, 0.25) is 0 Å². The van der Waals surface area contributed by atoms with Gasteiger partial charge < -0.3 is 35.8 Å². The Morgan fingerprint density at radius 1 is 1.14 bits per heavy atom. The lowest BCUT2D eigenvalue weighted by Crippen LogP contribution is -2.65. The minimum Gasteiger partial charge on any atom is -0.508 e. The predicted octanol–water partition coefficient (Wildman–Crippen LogP) is 1.62. The SMILES string of the molecule is CN(C)c1cc(NC(=O)OCC(C)(C)C)c(O)c2c1CC1CC3C(N(C)C)C(=O)C(C(N)=O)=C(O)C3(O)C(=O)C1=C2O. The van der Waals surface area contributed by atoms with Crippen LogP contribution < -0.4 is 16.0 Å². The molecule has 1 aromatic carbocycles. The number of fused-ring (bicyclic) bond motifs is 3. The summed E-state index contributed by atoms with van der Waals surface area (Å²) in [5, 5.41) is 48.0. The number of phenolic OH excluding ortho intramolecular Hbond substituents is 1. The Bertz CT molecular complexity index is 1450. The van der Waals surface area contributed by atoms with Crippen molar-refractivity contribution in [3.05, 3.63) is 34.1 Å². The number of aliphatic hydroxyl groups excluding tert-OH is 2. The van der Waals surface area contributed by atoms with E-state index in [0.29, 0.717) is 11.3 Å². The Kier molecular flexibility index (Phi) is 7.58. The van der Waals surface area contributed by atoms with Gasteiger partial charge in [0.05, 0.1) is 23.9 Å². The average Bonchev–Trinajstić information content (AvgIpc) is 2.85. The van der Waals surface area contributed by atoms with Crippen LogP contribution in [0.4, 0.5) is 16.2 Å². The van der Waals surface area contributed by atoms with Crippen molar-refractivity contribution < 1.29 is 44.3 Å². The second-order valence-electron chi connectivity index (χ2n) is 12.8. The van der Waals surface area contributed by atoms with E-state index in [9.17, 15) is 39.6 Å². The first-order valence-electron chi connectivity index (χ1n) is 13.5. The number of carbonyl (C=O) groups excluding carboxylic acids is 4. The fourth-order valence-corrected chi connectivity index (χ4v) is 6.21. The molecular weight excluding hydrogens is 548 g/mol. The Hall–Kier alpha value is -4.10. The number of nitrogens with two attached hydrogens (primary N) is 1. The van der Waals surface area contributed by atoms with Crippen molar-refractivity contribution in [2.24, 2.45) is 23.0 Å². The van der Waals surface area contributed by atoms with Crippen molar-refractivity contribution in [1.82, 2.24) is 4.90 Å². The summed E-state index contributed by atoms with van der Waals surface area (Å²) >= 11 is 0. The number of hydrogen-bond donors (Lipinski definition) is 6. The molecule has 1 aromatic rings. The predicted molar refractivity (Wildman–Crippen MR) is 153 cm³/mol. The molecule has 0 bridgehead atoms. The smallest absolute Gasteiger partial charge is 0.411 e. The van der Waals surface area contributed by atoms with Crippen LogP contribution in [-0.4, -0.2) is 95.3 Å². The zero-order valence-corrected chi connectivity index (χ0v) is 24.7. The number of ketones is 2. The summed E-state index contributed by atoms with van der Waals surface area (Å²) in [5.41, 5.74) is 1.92. The van der Waals surface area contributed by atoms with E-state index in [-0.39, 0.29) is 41.7 Å². The number of rotatable bonds is 5. The minimum absolute atomic E-state index is 0.0292. The number of nitrogens with one attached hydrogen (secondary N) is 1. The molecule has 7 N–H and O–H groups in total. The maximum absolute atomic E-state index is 14.0. The number of amides is 2. The van der Waals surface area contributed by atoms with Gasteiger partial charge in [-0.3, -0.25) is 24.6 Å². The highest BCUT2D eigenvalue weighted by Gasteiger charge is 2.64. The van der Waals surface area contributed by atoms with Gasteiger partial charge >= 0.3 is 6.09 Å². The van der Waals surface area contributed by atoms with Crippen LogP contribution >= 0.6 is 0 Å². The molecule has 13 nitrogen and oxygen atoms in total. The van der Waals surface area contributed by atoms with Gasteiger partial charge in [0.1, 0.15) is 17.1 Å². The topological polar surface area (TPSA) is 203 Å². The average molecular weight is 587 g/mol. The van der Waals surface area contributed by atoms with Gasteiger partial charge in [-0.05, 0) is 49.9 Å². The molecule has 0 spiro atoms. The van der Waals surface area contributed by atoms with Gasteiger partial charge in [0.2, 0.25) is 5.78 Å². The number of likely N-dealkylation sites (N-methyl/N-ethyl adjacent to an activating group) is 1. The highest BCUT2D eigenvalue weighted by molar-refractivity contribution is 6.24. The highest BCUT2D eigenvalue weighted by Crippen LogP contribution is 2.54. The molecule has 0 heterocycles. The van der Waals surface area contributed by atoms with E-state index in [1.807, 2.05) is 20.8 Å². The summed E-state index contributed by atoms with van der Waals surface area (Å²) < 4.78 is 5.25. The number of ether oxygens (including phenoxy) is 1.